The second-order valence-electron chi connectivity index (χ2n) is 6.65. The summed E-state index contributed by atoms with van der Waals surface area (Å²) in [5.74, 6) is 1.10. The Kier molecular flexibility index (Phi) is 4.36. The number of rotatable bonds is 4. The largest absolute Gasteiger partial charge is 0.370 e. The Morgan fingerprint density at radius 1 is 1.20 bits per heavy atom. The number of hydrogen-bond donors (Lipinski definition) is 0. The van der Waals surface area contributed by atoms with Crippen molar-refractivity contribution >= 4 is 11.5 Å². The molecule has 1 aliphatic rings. The van der Waals surface area contributed by atoms with Gasteiger partial charge in [-0.05, 0) is 38.8 Å². The summed E-state index contributed by atoms with van der Waals surface area (Å²) >= 11 is 0. The SMILES string of the molecule is Cc1cc(N2CCC[C@H](OCc3ccccn3)C2)n2nc(C)cc2n1. The highest BCUT2D eigenvalue weighted by atomic mass is 16.5. The molecule has 1 saturated heterocycles. The number of fused-ring (bicyclic) bond motifs is 1. The van der Waals surface area contributed by atoms with Crippen molar-refractivity contribution in [3.63, 3.8) is 0 Å². The van der Waals surface area contributed by atoms with Crippen molar-refractivity contribution in [2.75, 3.05) is 18.0 Å². The maximum Gasteiger partial charge on any atom is 0.157 e. The van der Waals surface area contributed by atoms with Crippen LogP contribution in [0.25, 0.3) is 5.65 Å². The molecule has 0 N–H and O–H groups in total. The summed E-state index contributed by atoms with van der Waals surface area (Å²) in [5, 5.41) is 4.61. The summed E-state index contributed by atoms with van der Waals surface area (Å²) in [7, 11) is 0. The van der Waals surface area contributed by atoms with Crippen LogP contribution in [-0.4, -0.2) is 38.8 Å². The highest BCUT2D eigenvalue weighted by Gasteiger charge is 2.23. The van der Waals surface area contributed by atoms with Crippen LogP contribution < -0.4 is 4.90 Å². The lowest BCUT2D eigenvalue weighted by molar-refractivity contribution is 0.0296. The molecule has 0 radical (unpaired) electrons. The van der Waals surface area contributed by atoms with Gasteiger partial charge in [-0.2, -0.15) is 9.61 Å². The molecule has 3 aromatic rings. The molecular weight excluding hydrogens is 314 g/mol. The maximum absolute atomic E-state index is 6.12. The van der Waals surface area contributed by atoms with Gasteiger partial charge < -0.3 is 9.64 Å². The van der Waals surface area contributed by atoms with Crippen LogP contribution in [0.1, 0.15) is 29.9 Å². The third-order valence-corrected chi connectivity index (χ3v) is 4.55. The predicted molar refractivity (Wildman–Crippen MR) is 96.7 cm³/mol. The molecule has 6 nitrogen and oxygen atoms in total. The molecule has 0 spiro atoms. The summed E-state index contributed by atoms with van der Waals surface area (Å²) < 4.78 is 8.07. The van der Waals surface area contributed by atoms with Gasteiger partial charge in [-0.25, -0.2) is 4.98 Å². The average Bonchev–Trinajstić information content (AvgIpc) is 3.00. The number of pyridine rings is 1. The number of aryl methyl sites for hydroxylation is 2. The first-order valence-electron chi connectivity index (χ1n) is 8.79. The fourth-order valence-electron chi connectivity index (χ4n) is 3.39. The first-order valence-corrected chi connectivity index (χ1v) is 8.79. The summed E-state index contributed by atoms with van der Waals surface area (Å²) in [6, 6.07) is 10.1. The molecule has 1 atom stereocenters. The van der Waals surface area contributed by atoms with Gasteiger partial charge in [-0.15, -0.1) is 0 Å². The van der Waals surface area contributed by atoms with Crippen LogP contribution in [0, 0.1) is 13.8 Å². The third kappa shape index (κ3) is 3.49. The van der Waals surface area contributed by atoms with Crippen LogP contribution in [0.3, 0.4) is 0 Å². The molecule has 25 heavy (non-hydrogen) atoms. The van der Waals surface area contributed by atoms with Gasteiger partial charge in [-0.1, -0.05) is 6.07 Å². The first-order chi connectivity index (χ1) is 12.2. The highest BCUT2D eigenvalue weighted by Crippen LogP contribution is 2.23. The van der Waals surface area contributed by atoms with Crippen LogP contribution >= 0.6 is 0 Å². The van der Waals surface area contributed by atoms with E-state index in [2.05, 4.69) is 26.0 Å². The Balaban J connectivity index is 1.51. The molecule has 0 amide bonds. The van der Waals surface area contributed by atoms with Crippen molar-refractivity contribution in [2.45, 2.75) is 39.4 Å². The Morgan fingerprint density at radius 2 is 2.12 bits per heavy atom. The second kappa shape index (κ2) is 6.80. The normalized spacial score (nSPS) is 18.0. The molecule has 0 aromatic carbocycles. The van der Waals surface area contributed by atoms with Gasteiger partial charge in [-0.3, -0.25) is 4.98 Å². The van der Waals surface area contributed by atoms with E-state index in [9.17, 15) is 0 Å². The Hall–Kier alpha value is -2.47. The van der Waals surface area contributed by atoms with E-state index in [1.165, 1.54) is 0 Å². The zero-order chi connectivity index (χ0) is 17.2. The second-order valence-corrected chi connectivity index (χ2v) is 6.65. The first kappa shape index (κ1) is 16.0. The van der Waals surface area contributed by atoms with Crippen molar-refractivity contribution in [3.8, 4) is 0 Å². The average molecular weight is 337 g/mol. The molecular formula is C19H23N5O. The van der Waals surface area contributed by atoms with Crippen molar-refractivity contribution in [1.82, 2.24) is 19.6 Å². The number of anilines is 1. The van der Waals surface area contributed by atoms with Gasteiger partial charge in [0, 0.05) is 37.1 Å². The van der Waals surface area contributed by atoms with E-state index < -0.39 is 0 Å². The molecule has 1 fully saturated rings. The molecule has 130 valence electrons. The van der Waals surface area contributed by atoms with Gasteiger partial charge in [0.05, 0.1) is 24.1 Å². The smallest absolute Gasteiger partial charge is 0.157 e. The van der Waals surface area contributed by atoms with Gasteiger partial charge in [0.2, 0.25) is 0 Å². The van der Waals surface area contributed by atoms with Crippen LogP contribution in [0.2, 0.25) is 0 Å². The molecule has 3 aromatic heterocycles. The summed E-state index contributed by atoms with van der Waals surface area (Å²) in [6.07, 6.45) is 4.20. The Bertz CT molecular complexity index is 861. The number of piperidine rings is 1. The van der Waals surface area contributed by atoms with Gasteiger partial charge in [0.25, 0.3) is 0 Å². The molecule has 0 saturated carbocycles. The third-order valence-electron chi connectivity index (χ3n) is 4.55. The minimum atomic E-state index is 0.205. The lowest BCUT2D eigenvalue weighted by atomic mass is 10.1. The minimum Gasteiger partial charge on any atom is -0.370 e. The molecule has 1 aliphatic heterocycles. The lowest BCUT2D eigenvalue weighted by Gasteiger charge is -2.34. The van der Waals surface area contributed by atoms with Crippen molar-refractivity contribution in [3.05, 3.63) is 53.6 Å². The minimum absolute atomic E-state index is 0.205. The van der Waals surface area contributed by atoms with Crippen LogP contribution in [0.5, 0.6) is 0 Å². The highest BCUT2D eigenvalue weighted by molar-refractivity contribution is 5.52. The monoisotopic (exact) mass is 337 g/mol. The van der Waals surface area contributed by atoms with Crippen LogP contribution in [0.15, 0.2) is 36.5 Å². The Labute approximate surface area is 147 Å². The number of ether oxygens (including phenoxy) is 1. The molecule has 0 aliphatic carbocycles. The topological polar surface area (TPSA) is 55.5 Å². The van der Waals surface area contributed by atoms with E-state index in [4.69, 9.17) is 4.74 Å². The van der Waals surface area contributed by atoms with Gasteiger partial charge >= 0.3 is 0 Å². The fourth-order valence-corrected chi connectivity index (χ4v) is 3.39. The Morgan fingerprint density at radius 3 is 2.96 bits per heavy atom. The molecule has 4 rings (SSSR count). The van der Waals surface area contributed by atoms with E-state index in [-0.39, 0.29) is 6.10 Å². The number of nitrogens with zero attached hydrogens (tertiary/aromatic N) is 5. The van der Waals surface area contributed by atoms with E-state index in [0.717, 1.165) is 54.5 Å². The molecule has 0 unspecified atom stereocenters. The summed E-state index contributed by atoms with van der Waals surface area (Å²) in [4.78, 5) is 11.3. The van der Waals surface area contributed by atoms with E-state index in [1.807, 2.05) is 48.8 Å². The molecule has 0 bridgehead atoms. The molecule has 4 heterocycles. The van der Waals surface area contributed by atoms with Crippen LogP contribution in [0.4, 0.5) is 5.82 Å². The van der Waals surface area contributed by atoms with Crippen molar-refractivity contribution in [2.24, 2.45) is 0 Å². The fraction of sp³-hybridized carbons (Fsp3) is 0.421. The predicted octanol–water partition coefficient (Wildman–Crippen LogP) is 2.93. The van der Waals surface area contributed by atoms with Crippen molar-refractivity contribution < 1.29 is 4.74 Å². The van der Waals surface area contributed by atoms with E-state index >= 15 is 0 Å². The quantitative estimate of drug-likeness (QED) is 0.733. The molecule has 6 heteroatoms. The van der Waals surface area contributed by atoms with Gasteiger partial charge in [0.1, 0.15) is 5.82 Å². The zero-order valence-electron chi connectivity index (χ0n) is 14.7. The van der Waals surface area contributed by atoms with Gasteiger partial charge in [0.15, 0.2) is 5.65 Å². The van der Waals surface area contributed by atoms with E-state index in [0.29, 0.717) is 6.61 Å². The summed E-state index contributed by atoms with van der Waals surface area (Å²) in [6.45, 7) is 6.48. The zero-order valence-corrected chi connectivity index (χ0v) is 14.7. The number of hydrogen-bond acceptors (Lipinski definition) is 5. The van der Waals surface area contributed by atoms with Crippen LogP contribution in [-0.2, 0) is 11.3 Å². The van der Waals surface area contributed by atoms with E-state index in [1.54, 1.807) is 0 Å². The van der Waals surface area contributed by atoms with Crippen molar-refractivity contribution in [1.29, 1.82) is 0 Å². The summed E-state index contributed by atoms with van der Waals surface area (Å²) in [5.41, 5.74) is 3.88. The standard InChI is InChI=1S/C19H23N5O/c1-14-11-19(24-18(21-14)10-15(2)22-24)23-9-5-7-17(12-23)25-13-16-6-3-4-8-20-16/h3-4,6,8,10-11,17H,5,7,9,12-13H2,1-2H3/t17-/m0/s1. The lowest BCUT2D eigenvalue weighted by Crippen LogP contribution is -2.40. The maximum atomic E-state index is 6.12. The number of aromatic nitrogens is 4.